The molecule has 0 aliphatic heterocycles. The Labute approximate surface area is 88.3 Å². The largest absolute Gasteiger partial charge is 0.422 e. The number of nitro groups is 1. The number of carbonyl (C=O) groups is 1. The number of hydrogen-bond acceptors (Lipinski definition) is 5. The molecule has 0 atom stereocenters. The number of nitrogens with zero attached hydrogens (tertiary/aromatic N) is 1. The van der Waals surface area contributed by atoms with Crippen LogP contribution >= 0.6 is 0 Å². The Morgan fingerprint density at radius 3 is 2.69 bits per heavy atom. The Hall–Kier alpha value is -2.50. The number of aldehydes is 1. The summed E-state index contributed by atoms with van der Waals surface area (Å²) < 4.78 is 4.81. The normalized spacial score (nSPS) is 10.2. The van der Waals surface area contributed by atoms with Crippen molar-refractivity contribution in [3.05, 3.63) is 50.4 Å². The maximum atomic E-state index is 11.2. The minimum Gasteiger partial charge on any atom is -0.422 e. The van der Waals surface area contributed by atoms with Crippen LogP contribution in [0.1, 0.15) is 10.4 Å². The lowest BCUT2D eigenvalue weighted by molar-refractivity contribution is -0.384. The van der Waals surface area contributed by atoms with Gasteiger partial charge in [-0.3, -0.25) is 14.9 Å². The molecule has 0 saturated heterocycles. The van der Waals surface area contributed by atoms with Crippen LogP contribution in [0, 0.1) is 10.1 Å². The van der Waals surface area contributed by atoms with E-state index in [9.17, 15) is 19.7 Å². The second-order valence-electron chi connectivity index (χ2n) is 3.09. The average Bonchev–Trinajstić information content (AvgIpc) is 2.27. The Morgan fingerprint density at radius 1 is 1.31 bits per heavy atom. The van der Waals surface area contributed by atoms with Crippen LogP contribution in [0.15, 0.2) is 33.5 Å². The predicted molar refractivity (Wildman–Crippen MR) is 54.5 cm³/mol. The molecule has 0 fully saturated rings. The van der Waals surface area contributed by atoms with Crippen LogP contribution < -0.4 is 5.63 Å². The molecule has 0 saturated carbocycles. The lowest BCUT2D eigenvalue weighted by atomic mass is 10.2. The number of hydrogen-bond donors (Lipinski definition) is 0. The smallest absolute Gasteiger partial charge is 0.346 e. The molecule has 6 nitrogen and oxygen atoms in total. The van der Waals surface area contributed by atoms with Gasteiger partial charge in [0.2, 0.25) is 0 Å². The summed E-state index contributed by atoms with van der Waals surface area (Å²) in [6.07, 6.45) is 0.351. The number of fused-ring (bicyclic) bond motifs is 1. The molecule has 2 aromatic rings. The molecule has 0 amide bonds. The van der Waals surface area contributed by atoms with E-state index in [1.807, 2.05) is 0 Å². The highest BCUT2D eigenvalue weighted by Gasteiger charge is 2.09. The van der Waals surface area contributed by atoms with Crippen molar-refractivity contribution in [1.82, 2.24) is 0 Å². The summed E-state index contributed by atoms with van der Waals surface area (Å²) in [6.45, 7) is 0. The van der Waals surface area contributed by atoms with E-state index in [1.165, 1.54) is 24.3 Å². The quantitative estimate of drug-likeness (QED) is 0.330. The van der Waals surface area contributed by atoms with Crippen molar-refractivity contribution >= 4 is 22.9 Å². The van der Waals surface area contributed by atoms with Gasteiger partial charge >= 0.3 is 5.63 Å². The molecule has 0 bridgehead atoms. The van der Waals surface area contributed by atoms with Gasteiger partial charge in [0.15, 0.2) is 6.29 Å². The first-order valence-corrected chi connectivity index (χ1v) is 4.29. The Balaban J connectivity index is 2.77. The van der Waals surface area contributed by atoms with E-state index in [1.54, 1.807) is 0 Å². The molecule has 0 spiro atoms. The fourth-order valence-electron chi connectivity index (χ4n) is 1.32. The van der Waals surface area contributed by atoms with Gasteiger partial charge in [-0.2, -0.15) is 0 Å². The number of carbonyl (C=O) groups excluding carboxylic acids is 1. The van der Waals surface area contributed by atoms with Crippen LogP contribution in [0.3, 0.4) is 0 Å². The lowest BCUT2D eigenvalue weighted by Gasteiger charge is -1.97. The van der Waals surface area contributed by atoms with E-state index in [-0.39, 0.29) is 16.8 Å². The van der Waals surface area contributed by atoms with E-state index in [2.05, 4.69) is 0 Å². The maximum absolute atomic E-state index is 11.2. The molecular weight excluding hydrogens is 214 g/mol. The predicted octanol–water partition coefficient (Wildman–Crippen LogP) is 1.51. The molecule has 0 aliphatic rings. The van der Waals surface area contributed by atoms with Crippen molar-refractivity contribution in [1.29, 1.82) is 0 Å². The van der Waals surface area contributed by atoms with E-state index < -0.39 is 10.5 Å². The Kier molecular flexibility index (Phi) is 2.24. The van der Waals surface area contributed by atoms with E-state index in [4.69, 9.17) is 4.42 Å². The zero-order valence-corrected chi connectivity index (χ0v) is 7.88. The van der Waals surface area contributed by atoms with Gasteiger partial charge in [-0.05, 0) is 12.1 Å². The molecule has 1 heterocycles. The van der Waals surface area contributed by atoms with Crippen molar-refractivity contribution in [2.45, 2.75) is 0 Å². The van der Waals surface area contributed by atoms with Crippen LogP contribution in [0.4, 0.5) is 5.69 Å². The molecule has 16 heavy (non-hydrogen) atoms. The molecule has 0 radical (unpaired) electrons. The topological polar surface area (TPSA) is 90.4 Å². The summed E-state index contributed by atoms with van der Waals surface area (Å²) in [4.78, 5) is 31.6. The molecule has 6 heteroatoms. The van der Waals surface area contributed by atoms with Crippen molar-refractivity contribution < 1.29 is 14.1 Å². The number of rotatable bonds is 2. The van der Waals surface area contributed by atoms with Crippen LogP contribution in [0.5, 0.6) is 0 Å². The summed E-state index contributed by atoms with van der Waals surface area (Å²) in [6, 6.07) is 5.06. The first-order valence-electron chi connectivity index (χ1n) is 4.29. The Bertz CT molecular complexity index is 643. The third-order valence-corrected chi connectivity index (χ3v) is 2.08. The fraction of sp³-hybridized carbons (Fsp3) is 0. The van der Waals surface area contributed by atoms with Gasteiger partial charge in [-0.25, -0.2) is 4.79 Å². The van der Waals surface area contributed by atoms with Crippen LogP contribution in [-0.4, -0.2) is 11.2 Å². The van der Waals surface area contributed by atoms with Gasteiger partial charge in [-0.1, -0.05) is 0 Å². The molecule has 0 aliphatic carbocycles. The zero-order valence-electron chi connectivity index (χ0n) is 7.88. The molecule has 80 valence electrons. The summed E-state index contributed by atoms with van der Waals surface area (Å²) in [7, 11) is 0. The van der Waals surface area contributed by atoms with Gasteiger partial charge < -0.3 is 4.42 Å². The van der Waals surface area contributed by atoms with Crippen LogP contribution in [0.2, 0.25) is 0 Å². The summed E-state index contributed by atoms with van der Waals surface area (Å²) in [5, 5.41) is 10.9. The van der Waals surface area contributed by atoms with Gasteiger partial charge in [0, 0.05) is 17.5 Å². The van der Waals surface area contributed by atoms with Crippen molar-refractivity contribution in [3.8, 4) is 0 Å². The van der Waals surface area contributed by atoms with E-state index in [0.717, 1.165) is 0 Å². The summed E-state index contributed by atoms with van der Waals surface area (Å²) in [5.74, 6) is 0. The first kappa shape index (κ1) is 10.0. The first-order chi connectivity index (χ1) is 7.61. The van der Waals surface area contributed by atoms with Crippen molar-refractivity contribution in [2.24, 2.45) is 0 Å². The van der Waals surface area contributed by atoms with Crippen LogP contribution in [0.25, 0.3) is 11.0 Å². The highest BCUT2D eigenvalue weighted by Crippen LogP contribution is 2.19. The van der Waals surface area contributed by atoms with Gasteiger partial charge in [0.25, 0.3) is 5.69 Å². The third kappa shape index (κ3) is 1.56. The van der Waals surface area contributed by atoms with E-state index in [0.29, 0.717) is 11.7 Å². The summed E-state index contributed by atoms with van der Waals surface area (Å²) in [5.41, 5.74) is -0.830. The second-order valence-corrected chi connectivity index (χ2v) is 3.09. The molecule has 1 aromatic heterocycles. The standard InChI is InChI=1S/C10H5NO5/c12-5-7-3-6-4-8(11(14)15)1-2-9(6)16-10(7)13/h1-5H. The molecule has 2 rings (SSSR count). The molecular formula is C10H5NO5. The zero-order chi connectivity index (χ0) is 11.7. The van der Waals surface area contributed by atoms with Crippen molar-refractivity contribution in [3.63, 3.8) is 0 Å². The molecule has 1 aromatic carbocycles. The van der Waals surface area contributed by atoms with Gasteiger partial charge in [-0.15, -0.1) is 0 Å². The highest BCUT2D eigenvalue weighted by molar-refractivity contribution is 5.85. The summed E-state index contributed by atoms with van der Waals surface area (Å²) >= 11 is 0. The second kappa shape index (κ2) is 3.58. The third-order valence-electron chi connectivity index (χ3n) is 2.08. The highest BCUT2D eigenvalue weighted by atomic mass is 16.6. The van der Waals surface area contributed by atoms with Crippen LogP contribution in [-0.2, 0) is 0 Å². The number of non-ortho nitro benzene ring substituents is 1. The number of nitro benzene ring substituents is 1. The fourth-order valence-corrected chi connectivity index (χ4v) is 1.32. The monoisotopic (exact) mass is 219 g/mol. The van der Waals surface area contributed by atoms with Gasteiger partial charge in [0.1, 0.15) is 11.1 Å². The SMILES string of the molecule is O=Cc1cc2cc([N+](=O)[O-])ccc2oc1=O. The van der Waals surface area contributed by atoms with Gasteiger partial charge in [0.05, 0.1) is 4.92 Å². The molecule has 0 unspecified atom stereocenters. The van der Waals surface area contributed by atoms with Crippen molar-refractivity contribution in [2.75, 3.05) is 0 Å². The molecule has 0 N–H and O–H groups in total. The minimum absolute atomic E-state index is 0.127. The van der Waals surface area contributed by atoms with E-state index >= 15 is 0 Å². The lowest BCUT2D eigenvalue weighted by Crippen LogP contribution is -2.05. The Morgan fingerprint density at radius 2 is 2.06 bits per heavy atom. The maximum Gasteiger partial charge on any atom is 0.346 e. The number of benzene rings is 1. The minimum atomic E-state index is -0.753. The average molecular weight is 219 g/mol.